The Labute approximate surface area is 300 Å². The first-order valence-electron chi connectivity index (χ1n) is 17.2. The number of fused-ring (bicyclic) bond motifs is 5. The molecule has 0 saturated heterocycles. The van der Waals surface area contributed by atoms with Gasteiger partial charge >= 0.3 is 0 Å². The summed E-state index contributed by atoms with van der Waals surface area (Å²) < 4.78 is 2.61. The van der Waals surface area contributed by atoms with E-state index in [9.17, 15) is 0 Å². The van der Waals surface area contributed by atoms with Crippen molar-refractivity contribution in [2.75, 3.05) is 0 Å². The Bertz CT molecular complexity index is 2920. The molecular formula is C48H30N2S. The number of aromatic nitrogens is 2. The van der Waals surface area contributed by atoms with Crippen molar-refractivity contribution in [2.24, 2.45) is 0 Å². The predicted molar refractivity (Wildman–Crippen MR) is 217 cm³/mol. The molecule has 2 heterocycles. The number of benzene rings is 8. The second kappa shape index (κ2) is 12.2. The lowest BCUT2D eigenvalue weighted by molar-refractivity contribution is 1.18. The van der Waals surface area contributed by atoms with Crippen LogP contribution in [-0.4, -0.2) is 9.97 Å². The van der Waals surface area contributed by atoms with Gasteiger partial charge in [-0.15, -0.1) is 11.3 Å². The summed E-state index contributed by atoms with van der Waals surface area (Å²) in [6.45, 7) is 0. The number of nitrogens with zero attached hydrogens (tertiary/aromatic N) is 2. The predicted octanol–water partition coefficient (Wildman–Crippen LogP) is 13.5. The molecule has 0 radical (unpaired) electrons. The van der Waals surface area contributed by atoms with Crippen LogP contribution in [0.15, 0.2) is 182 Å². The fourth-order valence-electron chi connectivity index (χ4n) is 7.29. The highest BCUT2D eigenvalue weighted by Gasteiger charge is 2.16. The maximum atomic E-state index is 5.27. The Hall–Kier alpha value is -6.42. The third-order valence-corrected chi connectivity index (χ3v) is 11.0. The average Bonchev–Trinajstić information content (AvgIpc) is 3.58. The minimum absolute atomic E-state index is 0.708. The van der Waals surface area contributed by atoms with Gasteiger partial charge in [0.25, 0.3) is 0 Å². The van der Waals surface area contributed by atoms with E-state index in [1.54, 1.807) is 0 Å². The molecule has 51 heavy (non-hydrogen) atoms. The highest BCUT2D eigenvalue weighted by Crippen LogP contribution is 2.40. The van der Waals surface area contributed by atoms with Crippen molar-refractivity contribution in [3.05, 3.63) is 182 Å². The van der Waals surface area contributed by atoms with Crippen LogP contribution in [0.4, 0.5) is 0 Å². The van der Waals surface area contributed by atoms with E-state index in [0.29, 0.717) is 5.82 Å². The van der Waals surface area contributed by atoms with E-state index in [-0.39, 0.29) is 0 Å². The molecule has 0 aliphatic carbocycles. The first-order chi connectivity index (χ1) is 25.2. The topological polar surface area (TPSA) is 25.8 Å². The molecule has 2 aromatic heterocycles. The van der Waals surface area contributed by atoms with Crippen LogP contribution in [-0.2, 0) is 0 Å². The maximum Gasteiger partial charge on any atom is 0.160 e. The SMILES string of the molecule is c1ccc(-c2nc(-c3cc(-c4ccc5sc6ccccc6c5c4)cc(-c4cccc5ccccc45)c3)cc(-c3ccc4ccccc4c3)n2)cc1. The van der Waals surface area contributed by atoms with Crippen LogP contribution in [0.2, 0.25) is 0 Å². The van der Waals surface area contributed by atoms with E-state index < -0.39 is 0 Å². The summed E-state index contributed by atoms with van der Waals surface area (Å²) in [6, 6.07) is 65.2. The van der Waals surface area contributed by atoms with Crippen LogP contribution in [0.25, 0.3) is 97.9 Å². The van der Waals surface area contributed by atoms with Crippen molar-refractivity contribution in [3.63, 3.8) is 0 Å². The molecule has 0 bridgehead atoms. The molecule has 8 aromatic carbocycles. The molecule has 3 heteroatoms. The summed E-state index contributed by atoms with van der Waals surface area (Å²) in [5, 5.41) is 7.44. The standard InChI is InChI=1S/C48H30N2S/c1-2-13-33(14-3-1)48-49-44(36-22-21-31-11-4-5-15-34(31)25-36)30-45(50-48)39-27-37(26-38(28-39)41-19-10-16-32-12-6-7-17-40(32)41)35-23-24-47-43(29-35)42-18-8-9-20-46(42)51-47/h1-30H. The second-order valence-electron chi connectivity index (χ2n) is 13.0. The highest BCUT2D eigenvalue weighted by atomic mass is 32.1. The van der Waals surface area contributed by atoms with Gasteiger partial charge in [-0.25, -0.2) is 9.97 Å². The van der Waals surface area contributed by atoms with Gasteiger partial charge in [0.15, 0.2) is 5.82 Å². The van der Waals surface area contributed by atoms with Crippen molar-refractivity contribution >= 4 is 53.1 Å². The van der Waals surface area contributed by atoms with Gasteiger partial charge in [0.2, 0.25) is 0 Å². The minimum Gasteiger partial charge on any atom is -0.228 e. The van der Waals surface area contributed by atoms with Crippen LogP contribution in [0, 0.1) is 0 Å². The van der Waals surface area contributed by atoms with Crippen LogP contribution >= 0.6 is 11.3 Å². The molecule has 0 fully saturated rings. The molecule has 0 spiro atoms. The van der Waals surface area contributed by atoms with Gasteiger partial charge in [0.1, 0.15) is 0 Å². The molecule has 0 saturated carbocycles. The molecule has 0 aliphatic rings. The van der Waals surface area contributed by atoms with Crippen molar-refractivity contribution < 1.29 is 0 Å². The van der Waals surface area contributed by atoms with Gasteiger partial charge in [0, 0.05) is 36.9 Å². The molecular weight excluding hydrogens is 637 g/mol. The van der Waals surface area contributed by atoms with E-state index in [0.717, 1.165) is 39.2 Å². The largest absolute Gasteiger partial charge is 0.228 e. The third kappa shape index (κ3) is 5.36. The van der Waals surface area contributed by atoms with E-state index >= 15 is 0 Å². The first-order valence-corrected chi connectivity index (χ1v) is 18.0. The summed E-state index contributed by atoms with van der Waals surface area (Å²) in [6.07, 6.45) is 0. The van der Waals surface area contributed by atoms with Gasteiger partial charge in [-0.2, -0.15) is 0 Å². The van der Waals surface area contributed by atoms with Crippen molar-refractivity contribution in [1.29, 1.82) is 0 Å². The average molecular weight is 667 g/mol. The lowest BCUT2D eigenvalue weighted by atomic mass is 9.91. The van der Waals surface area contributed by atoms with Gasteiger partial charge in [0.05, 0.1) is 11.4 Å². The molecule has 0 atom stereocenters. The Morgan fingerprint density at radius 3 is 1.84 bits per heavy atom. The van der Waals surface area contributed by atoms with E-state index in [4.69, 9.17) is 9.97 Å². The van der Waals surface area contributed by atoms with Gasteiger partial charge < -0.3 is 0 Å². The van der Waals surface area contributed by atoms with Gasteiger partial charge in [-0.05, 0) is 92.3 Å². The zero-order valence-corrected chi connectivity index (χ0v) is 28.4. The quantitative estimate of drug-likeness (QED) is 0.183. The first kappa shape index (κ1) is 29.5. The summed E-state index contributed by atoms with van der Waals surface area (Å²) in [5.74, 6) is 0.708. The smallest absolute Gasteiger partial charge is 0.160 e. The maximum absolute atomic E-state index is 5.27. The molecule has 10 rings (SSSR count). The summed E-state index contributed by atoms with van der Waals surface area (Å²) in [5.41, 5.74) is 9.57. The Balaban J connectivity index is 1.22. The number of hydrogen-bond donors (Lipinski definition) is 0. The van der Waals surface area contributed by atoms with Gasteiger partial charge in [-0.3, -0.25) is 0 Å². The normalized spacial score (nSPS) is 11.5. The van der Waals surface area contributed by atoms with Crippen LogP contribution < -0.4 is 0 Å². The Kier molecular flexibility index (Phi) is 7.04. The van der Waals surface area contributed by atoms with Gasteiger partial charge in [-0.1, -0.05) is 133 Å². The minimum atomic E-state index is 0.708. The van der Waals surface area contributed by atoms with Crippen molar-refractivity contribution in [3.8, 4) is 56.2 Å². The summed E-state index contributed by atoms with van der Waals surface area (Å²) in [7, 11) is 0. The molecule has 238 valence electrons. The zero-order chi connectivity index (χ0) is 33.7. The molecule has 10 aromatic rings. The second-order valence-corrected chi connectivity index (χ2v) is 14.1. The molecule has 0 N–H and O–H groups in total. The summed E-state index contributed by atoms with van der Waals surface area (Å²) in [4.78, 5) is 10.4. The van der Waals surface area contributed by atoms with Crippen LogP contribution in [0.1, 0.15) is 0 Å². The monoisotopic (exact) mass is 666 g/mol. The summed E-state index contributed by atoms with van der Waals surface area (Å²) >= 11 is 1.85. The molecule has 2 nitrogen and oxygen atoms in total. The van der Waals surface area contributed by atoms with E-state index in [1.807, 2.05) is 29.5 Å². The number of rotatable bonds is 5. The lowest BCUT2D eigenvalue weighted by Crippen LogP contribution is -1.96. The van der Waals surface area contributed by atoms with E-state index in [2.05, 4.69) is 164 Å². The van der Waals surface area contributed by atoms with Crippen LogP contribution in [0.5, 0.6) is 0 Å². The molecule has 0 aliphatic heterocycles. The lowest BCUT2D eigenvalue weighted by Gasteiger charge is -2.14. The zero-order valence-electron chi connectivity index (χ0n) is 27.6. The fraction of sp³-hybridized carbons (Fsp3) is 0. The highest BCUT2D eigenvalue weighted by molar-refractivity contribution is 7.25. The number of hydrogen-bond acceptors (Lipinski definition) is 3. The van der Waals surface area contributed by atoms with E-state index in [1.165, 1.54) is 52.8 Å². The fourth-order valence-corrected chi connectivity index (χ4v) is 8.37. The molecule has 0 amide bonds. The van der Waals surface area contributed by atoms with Crippen molar-refractivity contribution in [2.45, 2.75) is 0 Å². The Morgan fingerprint density at radius 1 is 0.314 bits per heavy atom. The van der Waals surface area contributed by atoms with Crippen molar-refractivity contribution in [1.82, 2.24) is 9.97 Å². The number of thiophene rings is 1. The van der Waals surface area contributed by atoms with Crippen LogP contribution in [0.3, 0.4) is 0 Å². The Morgan fingerprint density at radius 2 is 0.961 bits per heavy atom. The third-order valence-electron chi connectivity index (χ3n) is 9.84. The molecule has 0 unspecified atom stereocenters.